The minimum Gasteiger partial charge on any atom is -0.333 e. The molecule has 1 aromatic heterocycles. The van der Waals surface area contributed by atoms with E-state index in [0.717, 1.165) is 17.0 Å². The van der Waals surface area contributed by atoms with Crippen LogP contribution in [0.4, 0.5) is 14.9 Å². The molecule has 1 atom stereocenters. The van der Waals surface area contributed by atoms with Crippen LogP contribution in [0.5, 0.6) is 0 Å². The van der Waals surface area contributed by atoms with Gasteiger partial charge in [0.25, 0.3) is 0 Å². The quantitative estimate of drug-likeness (QED) is 0.893. The number of nitrogens with zero attached hydrogens (tertiary/aromatic N) is 4. The van der Waals surface area contributed by atoms with Crippen LogP contribution in [0.3, 0.4) is 0 Å². The lowest BCUT2D eigenvalue weighted by atomic mass is 10.2. The molecular weight excluding hydrogens is 349 g/mol. The van der Waals surface area contributed by atoms with Gasteiger partial charge in [-0.2, -0.15) is 5.10 Å². The van der Waals surface area contributed by atoms with Gasteiger partial charge in [-0.25, -0.2) is 9.18 Å². The third-order valence-electron chi connectivity index (χ3n) is 4.99. The van der Waals surface area contributed by atoms with Gasteiger partial charge < -0.3 is 15.1 Å². The molecule has 7 nitrogen and oxygen atoms in total. The highest BCUT2D eigenvalue weighted by Gasteiger charge is 2.32. The third-order valence-corrected chi connectivity index (χ3v) is 4.99. The molecule has 1 fully saturated rings. The van der Waals surface area contributed by atoms with Crippen molar-refractivity contribution in [3.05, 3.63) is 47.0 Å². The number of hydrogen-bond acceptors (Lipinski definition) is 3. The zero-order valence-electron chi connectivity index (χ0n) is 16.0. The highest BCUT2D eigenvalue weighted by molar-refractivity contribution is 5.96. The molecule has 3 rings (SSSR count). The molecule has 1 aliphatic rings. The van der Waals surface area contributed by atoms with Gasteiger partial charge in [0.2, 0.25) is 5.91 Å². The van der Waals surface area contributed by atoms with Gasteiger partial charge in [-0.15, -0.1) is 0 Å². The average Bonchev–Trinajstić information content (AvgIpc) is 3.09. The van der Waals surface area contributed by atoms with Gasteiger partial charge in [0, 0.05) is 44.0 Å². The van der Waals surface area contributed by atoms with E-state index in [1.54, 1.807) is 33.7 Å². The van der Waals surface area contributed by atoms with Crippen molar-refractivity contribution in [1.82, 2.24) is 20.0 Å². The van der Waals surface area contributed by atoms with Crippen molar-refractivity contribution < 1.29 is 14.0 Å². The lowest BCUT2D eigenvalue weighted by Gasteiger charge is -2.21. The van der Waals surface area contributed by atoms with Crippen LogP contribution in [-0.2, 0) is 18.4 Å². The number of halogens is 1. The second kappa shape index (κ2) is 7.38. The molecule has 0 radical (unpaired) electrons. The van der Waals surface area contributed by atoms with Crippen LogP contribution in [0.1, 0.15) is 23.4 Å². The maximum absolute atomic E-state index is 13.1. The summed E-state index contributed by atoms with van der Waals surface area (Å²) in [6, 6.07) is 5.25. The van der Waals surface area contributed by atoms with Crippen molar-refractivity contribution in [2.45, 2.75) is 32.9 Å². The Kier molecular flexibility index (Phi) is 5.16. The Morgan fingerprint density at radius 1 is 1.33 bits per heavy atom. The number of hydrogen-bond donors (Lipinski definition) is 1. The number of anilines is 1. The van der Waals surface area contributed by atoms with Crippen LogP contribution in [0.15, 0.2) is 24.3 Å². The standard InChI is InChI=1S/C19H24FN5O2/c1-12-17(13(2)24(4)22-12)11-23(3)19(27)21-15-9-18(26)25(10-15)16-7-5-14(20)6-8-16/h5-8,15H,9-11H2,1-4H3,(H,21,27)/t15-/m1/s1. The molecule has 8 heteroatoms. The lowest BCUT2D eigenvalue weighted by molar-refractivity contribution is -0.117. The first-order valence-corrected chi connectivity index (χ1v) is 8.83. The zero-order chi connectivity index (χ0) is 19.7. The average molecular weight is 373 g/mol. The van der Waals surface area contributed by atoms with Crippen molar-refractivity contribution >= 4 is 17.6 Å². The van der Waals surface area contributed by atoms with Crippen LogP contribution in [-0.4, -0.2) is 46.3 Å². The molecule has 144 valence electrons. The van der Waals surface area contributed by atoms with E-state index in [1.807, 2.05) is 20.9 Å². The van der Waals surface area contributed by atoms with Gasteiger partial charge in [-0.3, -0.25) is 9.48 Å². The molecule has 3 amide bonds. The van der Waals surface area contributed by atoms with E-state index in [4.69, 9.17) is 0 Å². The van der Waals surface area contributed by atoms with Crippen LogP contribution in [0.25, 0.3) is 0 Å². The van der Waals surface area contributed by atoms with Crippen LogP contribution < -0.4 is 10.2 Å². The summed E-state index contributed by atoms with van der Waals surface area (Å²) in [4.78, 5) is 28.0. The third kappa shape index (κ3) is 3.94. The van der Waals surface area contributed by atoms with Gasteiger partial charge in [0.05, 0.1) is 18.3 Å². The smallest absolute Gasteiger partial charge is 0.317 e. The molecule has 0 spiro atoms. The van der Waals surface area contributed by atoms with Crippen molar-refractivity contribution in [3.8, 4) is 0 Å². The van der Waals surface area contributed by atoms with Gasteiger partial charge >= 0.3 is 6.03 Å². The summed E-state index contributed by atoms with van der Waals surface area (Å²) in [6.07, 6.45) is 0.224. The molecule has 27 heavy (non-hydrogen) atoms. The second-order valence-electron chi connectivity index (χ2n) is 6.96. The molecule has 0 saturated carbocycles. The Labute approximate surface area is 157 Å². The summed E-state index contributed by atoms with van der Waals surface area (Å²) in [5, 5.41) is 7.28. The zero-order valence-corrected chi connectivity index (χ0v) is 16.0. The molecule has 0 aliphatic carbocycles. The van der Waals surface area contributed by atoms with Crippen molar-refractivity contribution in [2.24, 2.45) is 7.05 Å². The molecular formula is C19H24FN5O2. The van der Waals surface area contributed by atoms with E-state index in [9.17, 15) is 14.0 Å². The number of nitrogens with one attached hydrogen (secondary N) is 1. The molecule has 1 N–H and O–H groups in total. The Bertz CT molecular complexity index is 862. The summed E-state index contributed by atoms with van der Waals surface area (Å²) >= 11 is 0. The summed E-state index contributed by atoms with van der Waals surface area (Å²) in [5.74, 6) is -0.439. The Balaban J connectivity index is 1.61. The molecule has 0 unspecified atom stereocenters. The van der Waals surface area contributed by atoms with E-state index >= 15 is 0 Å². The first-order chi connectivity index (χ1) is 12.8. The normalized spacial score (nSPS) is 16.7. The fourth-order valence-corrected chi connectivity index (χ4v) is 3.31. The molecule has 0 bridgehead atoms. The van der Waals surface area contributed by atoms with E-state index < -0.39 is 0 Å². The van der Waals surface area contributed by atoms with Crippen LogP contribution in [0, 0.1) is 19.7 Å². The summed E-state index contributed by atoms with van der Waals surface area (Å²) in [5.41, 5.74) is 3.57. The fraction of sp³-hybridized carbons (Fsp3) is 0.421. The van der Waals surface area contributed by atoms with Crippen molar-refractivity contribution in [2.75, 3.05) is 18.5 Å². The predicted octanol–water partition coefficient (Wildman–Crippen LogP) is 2.12. The molecule has 1 aromatic carbocycles. The van der Waals surface area contributed by atoms with Gasteiger partial charge in [-0.1, -0.05) is 0 Å². The largest absolute Gasteiger partial charge is 0.333 e. The Hall–Kier alpha value is -2.90. The number of aromatic nitrogens is 2. The van der Waals surface area contributed by atoms with Gasteiger partial charge in [0.15, 0.2) is 0 Å². The summed E-state index contributed by atoms with van der Waals surface area (Å²) in [7, 11) is 3.59. The van der Waals surface area contributed by atoms with E-state index in [2.05, 4.69) is 10.4 Å². The Morgan fingerprint density at radius 3 is 2.59 bits per heavy atom. The minimum atomic E-state index is -0.349. The second-order valence-corrected chi connectivity index (χ2v) is 6.96. The first kappa shape index (κ1) is 18.9. The summed E-state index contributed by atoms with van der Waals surface area (Å²) < 4.78 is 14.9. The van der Waals surface area contributed by atoms with Crippen molar-refractivity contribution in [3.63, 3.8) is 0 Å². The van der Waals surface area contributed by atoms with Crippen molar-refractivity contribution in [1.29, 1.82) is 0 Å². The van der Waals surface area contributed by atoms with Crippen LogP contribution >= 0.6 is 0 Å². The molecule has 1 saturated heterocycles. The fourth-order valence-electron chi connectivity index (χ4n) is 3.31. The SMILES string of the molecule is Cc1nn(C)c(C)c1CN(C)C(=O)N[C@@H]1CC(=O)N(c2ccc(F)cc2)C1. The van der Waals surface area contributed by atoms with E-state index in [1.165, 1.54) is 12.1 Å². The van der Waals surface area contributed by atoms with E-state index in [0.29, 0.717) is 18.8 Å². The molecule has 1 aliphatic heterocycles. The van der Waals surface area contributed by atoms with Gasteiger partial charge in [0.1, 0.15) is 5.82 Å². The van der Waals surface area contributed by atoms with Crippen LogP contribution in [0.2, 0.25) is 0 Å². The van der Waals surface area contributed by atoms with Gasteiger partial charge in [-0.05, 0) is 38.1 Å². The molecule has 2 aromatic rings. The highest BCUT2D eigenvalue weighted by Crippen LogP contribution is 2.22. The number of rotatable bonds is 4. The topological polar surface area (TPSA) is 70.5 Å². The Morgan fingerprint density at radius 2 is 2.00 bits per heavy atom. The number of benzene rings is 1. The highest BCUT2D eigenvalue weighted by atomic mass is 19.1. The number of carbonyl (C=O) groups excluding carboxylic acids is 2. The monoisotopic (exact) mass is 373 g/mol. The number of aryl methyl sites for hydroxylation is 2. The lowest BCUT2D eigenvalue weighted by Crippen LogP contribution is -2.44. The maximum Gasteiger partial charge on any atom is 0.317 e. The number of amides is 3. The summed E-state index contributed by atoms with van der Waals surface area (Å²) in [6.45, 7) is 4.70. The predicted molar refractivity (Wildman–Crippen MR) is 99.8 cm³/mol. The minimum absolute atomic E-state index is 0.0893. The molecule has 2 heterocycles. The first-order valence-electron chi connectivity index (χ1n) is 8.83. The van der Waals surface area contributed by atoms with E-state index in [-0.39, 0.29) is 30.2 Å². The number of carbonyl (C=O) groups is 2. The maximum atomic E-state index is 13.1. The number of urea groups is 1.